The number of likely N-dealkylation sites (N-methyl/N-ethyl adjacent to an activating group) is 1. The SMILES string of the molecule is COc1ccc(OC)c(S(=O)(=O)N(C)CC(=O)NN=Cc2ccccc2F)c1. The van der Waals surface area contributed by atoms with Crippen LogP contribution in [0.25, 0.3) is 0 Å². The standard InChI is InChI=1S/C18H20FN3O5S/c1-22(12-18(23)21-20-11-13-6-4-5-7-15(13)19)28(24,25)17-10-14(26-2)8-9-16(17)27-3/h4-11H,12H2,1-3H3,(H,21,23). The number of sulfonamides is 1. The summed E-state index contributed by atoms with van der Waals surface area (Å²) in [6.45, 7) is -0.503. The van der Waals surface area contributed by atoms with Crippen molar-refractivity contribution in [2.45, 2.75) is 4.90 Å². The molecule has 0 atom stereocenters. The third kappa shape index (κ3) is 5.05. The van der Waals surface area contributed by atoms with Crippen LogP contribution >= 0.6 is 0 Å². The molecule has 0 fully saturated rings. The van der Waals surface area contributed by atoms with Crippen LogP contribution in [0.4, 0.5) is 4.39 Å². The van der Waals surface area contributed by atoms with Gasteiger partial charge in [0.05, 0.1) is 27.0 Å². The zero-order chi connectivity index (χ0) is 20.7. The van der Waals surface area contributed by atoms with E-state index in [9.17, 15) is 17.6 Å². The Bertz CT molecular complexity index is 979. The summed E-state index contributed by atoms with van der Waals surface area (Å²) in [5.41, 5.74) is 2.35. The second-order valence-electron chi connectivity index (χ2n) is 5.59. The molecule has 0 bridgehead atoms. The molecule has 0 radical (unpaired) electrons. The summed E-state index contributed by atoms with van der Waals surface area (Å²) in [6, 6.07) is 10.2. The van der Waals surface area contributed by atoms with Crippen LogP contribution in [0.3, 0.4) is 0 Å². The first-order chi connectivity index (χ1) is 13.3. The van der Waals surface area contributed by atoms with Crippen molar-refractivity contribution in [3.8, 4) is 11.5 Å². The van der Waals surface area contributed by atoms with Crippen LogP contribution in [0.5, 0.6) is 11.5 Å². The van der Waals surface area contributed by atoms with Gasteiger partial charge in [-0.15, -0.1) is 0 Å². The summed E-state index contributed by atoms with van der Waals surface area (Å²) in [7, 11) is -0.0493. The minimum absolute atomic E-state index is 0.116. The molecule has 28 heavy (non-hydrogen) atoms. The van der Waals surface area contributed by atoms with Crippen LogP contribution in [0.2, 0.25) is 0 Å². The van der Waals surface area contributed by atoms with Gasteiger partial charge in [0, 0.05) is 18.7 Å². The van der Waals surface area contributed by atoms with Crippen LogP contribution < -0.4 is 14.9 Å². The average Bonchev–Trinajstić information content (AvgIpc) is 2.68. The Labute approximate surface area is 162 Å². The van der Waals surface area contributed by atoms with E-state index in [-0.39, 0.29) is 16.2 Å². The Morgan fingerprint density at radius 1 is 1.21 bits per heavy atom. The third-order valence-corrected chi connectivity index (χ3v) is 5.55. The van der Waals surface area contributed by atoms with Crippen molar-refractivity contribution in [1.29, 1.82) is 0 Å². The van der Waals surface area contributed by atoms with E-state index in [1.807, 2.05) is 0 Å². The van der Waals surface area contributed by atoms with Crippen molar-refractivity contribution >= 4 is 22.1 Å². The molecule has 1 amide bonds. The lowest BCUT2D eigenvalue weighted by molar-refractivity contribution is -0.121. The summed E-state index contributed by atoms with van der Waals surface area (Å²) < 4.78 is 50.0. The number of ether oxygens (including phenoxy) is 2. The number of carbonyl (C=O) groups is 1. The Morgan fingerprint density at radius 3 is 2.57 bits per heavy atom. The van der Waals surface area contributed by atoms with E-state index < -0.39 is 28.3 Å². The normalized spacial score (nSPS) is 11.6. The Morgan fingerprint density at radius 2 is 1.93 bits per heavy atom. The number of methoxy groups -OCH3 is 2. The lowest BCUT2D eigenvalue weighted by atomic mass is 10.2. The molecule has 1 N–H and O–H groups in total. The van der Waals surface area contributed by atoms with Crippen LogP contribution in [-0.2, 0) is 14.8 Å². The molecule has 2 aromatic carbocycles. The summed E-state index contributed by atoms with van der Waals surface area (Å²) in [5, 5.41) is 3.64. The highest BCUT2D eigenvalue weighted by atomic mass is 32.2. The van der Waals surface area contributed by atoms with Crippen molar-refractivity contribution in [2.24, 2.45) is 5.10 Å². The van der Waals surface area contributed by atoms with Gasteiger partial charge in [-0.05, 0) is 18.2 Å². The van der Waals surface area contributed by atoms with Gasteiger partial charge in [-0.3, -0.25) is 4.79 Å². The van der Waals surface area contributed by atoms with Gasteiger partial charge in [0.25, 0.3) is 5.91 Å². The number of rotatable bonds is 8. The third-order valence-electron chi connectivity index (χ3n) is 3.72. The number of amides is 1. The van der Waals surface area contributed by atoms with Gasteiger partial charge in [-0.1, -0.05) is 18.2 Å². The average molecular weight is 409 g/mol. The number of nitrogens with one attached hydrogen (secondary N) is 1. The van der Waals surface area contributed by atoms with Crippen LogP contribution in [0.15, 0.2) is 52.5 Å². The number of hydrazone groups is 1. The minimum atomic E-state index is -4.04. The molecule has 0 unspecified atom stereocenters. The zero-order valence-electron chi connectivity index (χ0n) is 15.5. The fourth-order valence-corrected chi connectivity index (χ4v) is 3.52. The van der Waals surface area contributed by atoms with Gasteiger partial charge < -0.3 is 9.47 Å². The molecule has 0 saturated carbocycles. The fraction of sp³-hybridized carbons (Fsp3) is 0.222. The Hall–Kier alpha value is -2.98. The number of hydrogen-bond donors (Lipinski definition) is 1. The molecule has 150 valence electrons. The van der Waals surface area contributed by atoms with E-state index in [0.29, 0.717) is 5.75 Å². The smallest absolute Gasteiger partial charge is 0.255 e. The van der Waals surface area contributed by atoms with Gasteiger partial charge in [0.2, 0.25) is 10.0 Å². The highest BCUT2D eigenvalue weighted by Crippen LogP contribution is 2.30. The van der Waals surface area contributed by atoms with Gasteiger partial charge in [-0.2, -0.15) is 9.41 Å². The molecule has 10 heteroatoms. The summed E-state index contributed by atoms with van der Waals surface area (Å²) >= 11 is 0. The monoisotopic (exact) mass is 409 g/mol. The van der Waals surface area contributed by atoms with Gasteiger partial charge in [0.1, 0.15) is 22.2 Å². The van der Waals surface area contributed by atoms with Crippen molar-refractivity contribution in [2.75, 3.05) is 27.8 Å². The quantitative estimate of drug-likeness (QED) is 0.528. The van der Waals surface area contributed by atoms with Gasteiger partial charge in [0.15, 0.2) is 0 Å². The fourth-order valence-electron chi connectivity index (χ4n) is 2.23. The molecule has 2 rings (SSSR count). The molecule has 0 saturated heterocycles. The summed E-state index contributed by atoms with van der Waals surface area (Å²) in [5.74, 6) is -0.747. The van der Waals surface area contributed by atoms with Gasteiger partial charge >= 0.3 is 0 Å². The predicted molar refractivity (Wildman–Crippen MR) is 101 cm³/mol. The molecule has 0 aliphatic rings. The minimum Gasteiger partial charge on any atom is -0.497 e. The lowest BCUT2D eigenvalue weighted by Gasteiger charge is -2.18. The first-order valence-corrected chi connectivity index (χ1v) is 9.48. The predicted octanol–water partition coefficient (Wildman–Crippen LogP) is 1.61. The van der Waals surface area contributed by atoms with Crippen molar-refractivity contribution in [1.82, 2.24) is 9.73 Å². The summed E-state index contributed by atoms with van der Waals surface area (Å²) in [6.07, 6.45) is 1.13. The number of hydrogen-bond acceptors (Lipinski definition) is 6. The van der Waals surface area contributed by atoms with Gasteiger partial charge in [-0.25, -0.2) is 18.2 Å². The van der Waals surface area contributed by atoms with E-state index in [1.165, 1.54) is 51.6 Å². The first-order valence-electron chi connectivity index (χ1n) is 8.04. The van der Waals surface area contributed by atoms with Crippen LogP contribution in [0.1, 0.15) is 5.56 Å². The largest absolute Gasteiger partial charge is 0.497 e. The highest BCUT2D eigenvalue weighted by Gasteiger charge is 2.27. The molecule has 0 aliphatic carbocycles. The molecule has 0 spiro atoms. The molecule has 0 aromatic heterocycles. The number of carbonyl (C=O) groups excluding carboxylic acids is 1. The van der Waals surface area contributed by atoms with E-state index in [4.69, 9.17) is 9.47 Å². The number of benzene rings is 2. The number of nitrogens with zero attached hydrogens (tertiary/aromatic N) is 2. The highest BCUT2D eigenvalue weighted by molar-refractivity contribution is 7.89. The van der Waals surface area contributed by atoms with Crippen molar-refractivity contribution in [3.05, 3.63) is 53.8 Å². The van der Waals surface area contributed by atoms with Crippen molar-refractivity contribution in [3.63, 3.8) is 0 Å². The molecule has 0 aliphatic heterocycles. The van der Waals surface area contributed by atoms with Crippen molar-refractivity contribution < 1.29 is 27.1 Å². The van der Waals surface area contributed by atoms with E-state index in [1.54, 1.807) is 12.1 Å². The maximum absolute atomic E-state index is 13.5. The van der Waals surface area contributed by atoms with E-state index in [0.717, 1.165) is 10.5 Å². The summed E-state index contributed by atoms with van der Waals surface area (Å²) in [4.78, 5) is 11.9. The Balaban J connectivity index is 2.10. The van der Waals surface area contributed by atoms with E-state index in [2.05, 4.69) is 10.5 Å². The molecule has 8 nitrogen and oxygen atoms in total. The maximum atomic E-state index is 13.5. The van der Waals surface area contributed by atoms with Crippen LogP contribution in [-0.4, -0.2) is 52.7 Å². The second kappa shape index (κ2) is 9.29. The zero-order valence-corrected chi connectivity index (χ0v) is 16.4. The molecular weight excluding hydrogens is 389 g/mol. The lowest BCUT2D eigenvalue weighted by Crippen LogP contribution is -2.36. The number of halogens is 1. The molecular formula is C18H20FN3O5S. The first kappa shape index (κ1) is 21.3. The molecule has 0 heterocycles. The maximum Gasteiger partial charge on any atom is 0.255 e. The Kier molecular flexibility index (Phi) is 7.07. The second-order valence-corrected chi connectivity index (χ2v) is 7.61. The topological polar surface area (TPSA) is 97.3 Å². The van der Waals surface area contributed by atoms with E-state index >= 15 is 0 Å². The van der Waals surface area contributed by atoms with Crippen LogP contribution in [0, 0.1) is 5.82 Å². The molecule has 2 aromatic rings.